The number of nitrogens with one attached hydrogen (secondary N) is 2. The summed E-state index contributed by atoms with van der Waals surface area (Å²) in [5.41, 5.74) is 1.18. The van der Waals surface area contributed by atoms with E-state index in [4.69, 9.17) is 0 Å². The summed E-state index contributed by atoms with van der Waals surface area (Å²) in [6.07, 6.45) is 8.10. The fourth-order valence-electron chi connectivity index (χ4n) is 2.38. The Balaban J connectivity index is 1.60. The summed E-state index contributed by atoms with van der Waals surface area (Å²) in [5.74, 6) is 1.56. The largest absolute Gasteiger partial charge is 0.351 e. The lowest BCUT2D eigenvalue weighted by molar-refractivity contribution is 0.373. The number of aromatic nitrogens is 2. The highest BCUT2D eigenvalue weighted by Gasteiger charge is 2.22. The molecule has 4 nitrogen and oxygen atoms in total. The molecule has 0 bridgehead atoms. The lowest BCUT2D eigenvalue weighted by Crippen LogP contribution is -2.31. The fraction of sp³-hybridized carbons (Fsp3) is 0.692. The Morgan fingerprint density at radius 1 is 1.35 bits per heavy atom. The maximum absolute atomic E-state index is 4.60. The third kappa shape index (κ3) is 3.16. The summed E-state index contributed by atoms with van der Waals surface area (Å²) < 4.78 is 0. The van der Waals surface area contributed by atoms with Crippen LogP contribution in [-0.4, -0.2) is 29.1 Å². The summed E-state index contributed by atoms with van der Waals surface area (Å²) >= 11 is 0. The Kier molecular flexibility index (Phi) is 3.22. The molecule has 2 fully saturated rings. The van der Waals surface area contributed by atoms with Gasteiger partial charge in [0, 0.05) is 17.9 Å². The molecule has 1 aliphatic carbocycles. The molecule has 1 atom stereocenters. The van der Waals surface area contributed by atoms with E-state index in [0.29, 0.717) is 6.04 Å². The highest BCUT2D eigenvalue weighted by atomic mass is 15.1. The van der Waals surface area contributed by atoms with Gasteiger partial charge in [-0.15, -0.1) is 0 Å². The average molecular weight is 232 g/mol. The molecule has 0 unspecified atom stereocenters. The minimum absolute atomic E-state index is 0.626. The lowest BCUT2D eigenvalue weighted by atomic mass is 9.95. The molecule has 0 amide bonds. The summed E-state index contributed by atoms with van der Waals surface area (Å²) in [6.45, 7) is 2.31. The van der Waals surface area contributed by atoms with E-state index in [9.17, 15) is 0 Å². The average Bonchev–Trinajstić information content (AvgIpc) is 3.15. The van der Waals surface area contributed by atoms with Gasteiger partial charge in [0.25, 0.3) is 0 Å². The van der Waals surface area contributed by atoms with Crippen LogP contribution in [0.2, 0.25) is 0 Å². The molecule has 1 saturated heterocycles. The van der Waals surface area contributed by atoms with Crippen molar-refractivity contribution in [3.8, 4) is 0 Å². The van der Waals surface area contributed by atoms with Gasteiger partial charge in [0.15, 0.2) is 0 Å². The van der Waals surface area contributed by atoms with Crippen LogP contribution in [0.4, 0.5) is 5.95 Å². The quantitative estimate of drug-likeness (QED) is 0.828. The number of hydrogen-bond donors (Lipinski definition) is 2. The second kappa shape index (κ2) is 5.00. The summed E-state index contributed by atoms with van der Waals surface area (Å²) in [7, 11) is 0. The first-order valence-corrected chi connectivity index (χ1v) is 6.69. The van der Waals surface area contributed by atoms with Gasteiger partial charge in [0.2, 0.25) is 5.95 Å². The van der Waals surface area contributed by atoms with Crippen LogP contribution < -0.4 is 10.6 Å². The predicted molar refractivity (Wildman–Crippen MR) is 68.0 cm³/mol. The molecule has 4 heteroatoms. The van der Waals surface area contributed by atoms with Crippen molar-refractivity contribution in [1.82, 2.24) is 15.3 Å². The highest BCUT2D eigenvalue weighted by Crippen LogP contribution is 2.23. The van der Waals surface area contributed by atoms with E-state index >= 15 is 0 Å². The first-order chi connectivity index (χ1) is 8.40. The second-order valence-electron chi connectivity index (χ2n) is 5.21. The first-order valence-electron chi connectivity index (χ1n) is 6.69. The summed E-state index contributed by atoms with van der Waals surface area (Å²) in [5, 5.41) is 6.81. The molecule has 1 saturated carbocycles. The number of nitrogens with zero attached hydrogens (tertiary/aromatic N) is 2. The van der Waals surface area contributed by atoms with Crippen molar-refractivity contribution in [3.05, 3.63) is 18.0 Å². The van der Waals surface area contributed by atoms with E-state index < -0.39 is 0 Å². The minimum atomic E-state index is 0.626. The van der Waals surface area contributed by atoms with Gasteiger partial charge in [-0.3, -0.25) is 0 Å². The van der Waals surface area contributed by atoms with Gasteiger partial charge in [0.1, 0.15) is 0 Å². The van der Waals surface area contributed by atoms with Gasteiger partial charge < -0.3 is 10.6 Å². The third-order valence-corrected chi connectivity index (χ3v) is 3.52. The van der Waals surface area contributed by atoms with Gasteiger partial charge in [0.05, 0.1) is 0 Å². The lowest BCUT2D eigenvalue weighted by Gasteiger charge is -2.22. The van der Waals surface area contributed by atoms with E-state index in [1.807, 2.05) is 12.3 Å². The Morgan fingerprint density at radius 3 is 3.06 bits per heavy atom. The van der Waals surface area contributed by atoms with Crippen LogP contribution in [-0.2, 0) is 6.42 Å². The molecule has 1 aromatic rings. The number of piperidine rings is 1. The van der Waals surface area contributed by atoms with E-state index in [1.54, 1.807) is 0 Å². The minimum Gasteiger partial charge on any atom is -0.351 e. The van der Waals surface area contributed by atoms with Crippen molar-refractivity contribution in [2.75, 3.05) is 18.4 Å². The highest BCUT2D eigenvalue weighted by molar-refractivity contribution is 5.28. The second-order valence-corrected chi connectivity index (χ2v) is 5.21. The molecule has 2 aliphatic rings. The van der Waals surface area contributed by atoms with E-state index in [2.05, 4.69) is 20.6 Å². The smallest absolute Gasteiger partial charge is 0.223 e. The van der Waals surface area contributed by atoms with Crippen LogP contribution in [0, 0.1) is 5.92 Å². The summed E-state index contributed by atoms with van der Waals surface area (Å²) in [4.78, 5) is 8.87. The molecule has 17 heavy (non-hydrogen) atoms. The van der Waals surface area contributed by atoms with Gasteiger partial charge in [-0.25, -0.2) is 9.97 Å². The van der Waals surface area contributed by atoms with Crippen LogP contribution in [0.3, 0.4) is 0 Å². The zero-order valence-electron chi connectivity index (χ0n) is 10.2. The fourth-order valence-corrected chi connectivity index (χ4v) is 2.38. The van der Waals surface area contributed by atoms with Crippen LogP contribution in [0.15, 0.2) is 12.3 Å². The van der Waals surface area contributed by atoms with Crippen LogP contribution in [0.5, 0.6) is 0 Å². The molecule has 1 aliphatic heterocycles. The molecular weight excluding hydrogens is 212 g/mol. The van der Waals surface area contributed by atoms with Crippen molar-refractivity contribution in [3.63, 3.8) is 0 Å². The third-order valence-electron chi connectivity index (χ3n) is 3.52. The Labute approximate surface area is 102 Å². The van der Waals surface area contributed by atoms with Crippen molar-refractivity contribution in [2.45, 2.75) is 38.1 Å². The monoisotopic (exact) mass is 232 g/mol. The molecule has 2 heterocycles. The van der Waals surface area contributed by atoms with Crippen LogP contribution >= 0.6 is 0 Å². The standard InChI is InChI=1S/C13H20N4/c1-2-10(9-14-6-1)8-12-5-7-15-13(17-12)16-11-3-4-11/h5,7,10-11,14H,1-4,6,8-9H2,(H,15,16,17)/t10-/m1/s1. The van der Waals surface area contributed by atoms with Gasteiger partial charge in [-0.1, -0.05) is 0 Å². The molecule has 3 rings (SSSR count). The predicted octanol–water partition coefficient (Wildman–Crippen LogP) is 1.59. The van der Waals surface area contributed by atoms with Crippen molar-refractivity contribution >= 4 is 5.95 Å². The van der Waals surface area contributed by atoms with Gasteiger partial charge >= 0.3 is 0 Å². The SMILES string of the molecule is c1cc(C[C@H]2CCCNC2)nc(NC2CC2)n1. The van der Waals surface area contributed by atoms with E-state index in [1.165, 1.54) is 37.9 Å². The number of anilines is 1. The topological polar surface area (TPSA) is 49.8 Å². The summed E-state index contributed by atoms with van der Waals surface area (Å²) in [6, 6.07) is 2.67. The molecule has 1 aromatic heterocycles. The van der Waals surface area contributed by atoms with Gasteiger partial charge in [-0.05, 0) is 57.2 Å². The van der Waals surface area contributed by atoms with Crippen molar-refractivity contribution < 1.29 is 0 Å². The van der Waals surface area contributed by atoms with Crippen LogP contribution in [0.1, 0.15) is 31.4 Å². The Morgan fingerprint density at radius 2 is 2.29 bits per heavy atom. The normalized spacial score (nSPS) is 24.6. The van der Waals surface area contributed by atoms with E-state index in [-0.39, 0.29) is 0 Å². The maximum Gasteiger partial charge on any atom is 0.223 e. The molecule has 0 aromatic carbocycles. The Hall–Kier alpha value is -1.16. The number of hydrogen-bond acceptors (Lipinski definition) is 4. The van der Waals surface area contributed by atoms with Crippen LogP contribution in [0.25, 0.3) is 0 Å². The van der Waals surface area contributed by atoms with Crippen molar-refractivity contribution in [1.29, 1.82) is 0 Å². The molecule has 2 N–H and O–H groups in total. The zero-order valence-corrected chi connectivity index (χ0v) is 10.2. The zero-order chi connectivity index (χ0) is 11.5. The van der Waals surface area contributed by atoms with Crippen molar-refractivity contribution in [2.24, 2.45) is 5.92 Å². The maximum atomic E-state index is 4.60. The molecular formula is C13H20N4. The molecule has 0 radical (unpaired) electrons. The molecule has 0 spiro atoms. The Bertz CT molecular complexity index is 369. The van der Waals surface area contributed by atoms with E-state index in [0.717, 1.165) is 24.8 Å². The first kappa shape index (κ1) is 11.0. The molecule has 92 valence electrons. The van der Waals surface area contributed by atoms with Gasteiger partial charge in [-0.2, -0.15) is 0 Å². The number of rotatable bonds is 4.